The first-order valence-corrected chi connectivity index (χ1v) is 9.60. The van der Waals surface area contributed by atoms with Gasteiger partial charge in [0, 0.05) is 37.2 Å². The molecule has 0 radical (unpaired) electrons. The van der Waals surface area contributed by atoms with E-state index in [1.54, 1.807) is 0 Å². The van der Waals surface area contributed by atoms with E-state index in [-0.39, 0.29) is 11.3 Å². The fraction of sp³-hybridized carbons (Fsp3) is 0.500. The van der Waals surface area contributed by atoms with Gasteiger partial charge in [0.1, 0.15) is 5.76 Å². The minimum atomic E-state index is -0.163. The number of benzene rings is 1. The van der Waals surface area contributed by atoms with Gasteiger partial charge >= 0.3 is 0 Å². The summed E-state index contributed by atoms with van der Waals surface area (Å²) in [5, 5.41) is 3.02. The maximum absolute atomic E-state index is 12.6. The summed E-state index contributed by atoms with van der Waals surface area (Å²) in [6, 6.07) is 10.2. The maximum atomic E-state index is 12.6. The number of aryl methyl sites for hydroxylation is 1. The first kappa shape index (κ1) is 19.6. The van der Waals surface area contributed by atoms with Crippen molar-refractivity contribution in [2.24, 2.45) is 0 Å². The van der Waals surface area contributed by atoms with Gasteiger partial charge in [-0.05, 0) is 24.1 Å². The van der Waals surface area contributed by atoms with Gasteiger partial charge in [-0.25, -0.2) is 0 Å². The molecule has 5 heteroatoms. The summed E-state index contributed by atoms with van der Waals surface area (Å²) in [6.07, 6.45) is 0. The molecule has 0 spiro atoms. The van der Waals surface area contributed by atoms with Crippen LogP contribution >= 0.6 is 0 Å². The van der Waals surface area contributed by atoms with Crippen molar-refractivity contribution in [2.75, 3.05) is 26.3 Å². The maximum Gasteiger partial charge on any atom is 0.287 e. The van der Waals surface area contributed by atoms with E-state index in [0.717, 1.165) is 49.7 Å². The molecule has 1 aliphatic heterocycles. The first-order chi connectivity index (χ1) is 12.8. The Morgan fingerprint density at radius 3 is 2.44 bits per heavy atom. The highest BCUT2D eigenvalue weighted by atomic mass is 16.5. The van der Waals surface area contributed by atoms with Crippen molar-refractivity contribution in [3.63, 3.8) is 0 Å². The Bertz CT molecular complexity index is 783. The van der Waals surface area contributed by atoms with E-state index < -0.39 is 0 Å². The van der Waals surface area contributed by atoms with Crippen LogP contribution in [-0.2, 0) is 23.2 Å². The Hall–Kier alpha value is -2.11. The zero-order valence-corrected chi connectivity index (χ0v) is 16.8. The molecule has 1 aromatic heterocycles. The van der Waals surface area contributed by atoms with Crippen molar-refractivity contribution < 1.29 is 13.9 Å². The first-order valence-electron chi connectivity index (χ1n) is 9.60. The SMILES string of the molecule is Cc1cc(C(C)(C)C)oc1C(=O)NCc1ccccc1CN1CCOCC1. The smallest absolute Gasteiger partial charge is 0.287 e. The second-order valence-corrected chi connectivity index (χ2v) is 8.21. The van der Waals surface area contributed by atoms with Gasteiger partial charge in [-0.2, -0.15) is 0 Å². The third-order valence-corrected chi connectivity index (χ3v) is 4.92. The van der Waals surface area contributed by atoms with Crippen LogP contribution < -0.4 is 5.32 Å². The number of morpholine rings is 1. The van der Waals surface area contributed by atoms with E-state index in [0.29, 0.717) is 12.3 Å². The number of carbonyl (C=O) groups is 1. The second-order valence-electron chi connectivity index (χ2n) is 8.21. The van der Waals surface area contributed by atoms with Gasteiger partial charge in [-0.15, -0.1) is 0 Å². The second kappa shape index (κ2) is 8.28. The zero-order chi connectivity index (χ0) is 19.4. The lowest BCUT2D eigenvalue weighted by Gasteiger charge is -2.27. The average Bonchev–Trinajstić information content (AvgIpc) is 3.04. The number of hydrogen-bond acceptors (Lipinski definition) is 4. The van der Waals surface area contributed by atoms with Crippen LogP contribution in [0.3, 0.4) is 0 Å². The van der Waals surface area contributed by atoms with Crippen molar-refractivity contribution in [1.29, 1.82) is 0 Å². The molecule has 5 nitrogen and oxygen atoms in total. The number of nitrogens with one attached hydrogen (secondary N) is 1. The molecule has 0 atom stereocenters. The minimum absolute atomic E-state index is 0.117. The standard InChI is InChI=1S/C22H30N2O3/c1-16-13-19(22(2,3)4)27-20(16)21(25)23-14-17-7-5-6-8-18(17)15-24-9-11-26-12-10-24/h5-8,13H,9-12,14-15H2,1-4H3,(H,23,25). The molecule has 146 valence electrons. The average molecular weight is 370 g/mol. The predicted octanol–water partition coefficient (Wildman–Crippen LogP) is 3.65. The molecule has 0 saturated carbocycles. The fourth-order valence-electron chi connectivity index (χ4n) is 3.22. The van der Waals surface area contributed by atoms with Crippen LogP contribution in [0, 0.1) is 6.92 Å². The van der Waals surface area contributed by atoms with Crippen molar-refractivity contribution in [1.82, 2.24) is 10.2 Å². The summed E-state index contributed by atoms with van der Waals surface area (Å²) in [5.74, 6) is 1.08. The molecule has 1 amide bonds. The van der Waals surface area contributed by atoms with Gasteiger partial charge in [0.15, 0.2) is 5.76 Å². The summed E-state index contributed by atoms with van der Waals surface area (Å²) >= 11 is 0. The Labute approximate surface area is 161 Å². The molecular formula is C22H30N2O3. The fourth-order valence-corrected chi connectivity index (χ4v) is 3.22. The lowest BCUT2D eigenvalue weighted by molar-refractivity contribution is 0.0340. The molecule has 0 aliphatic carbocycles. The monoisotopic (exact) mass is 370 g/mol. The predicted molar refractivity (Wildman–Crippen MR) is 106 cm³/mol. The summed E-state index contributed by atoms with van der Waals surface area (Å²) in [4.78, 5) is 15.0. The quantitative estimate of drug-likeness (QED) is 0.873. The van der Waals surface area contributed by atoms with E-state index in [9.17, 15) is 4.79 Å². The van der Waals surface area contributed by atoms with E-state index >= 15 is 0 Å². The number of amides is 1. The van der Waals surface area contributed by atoms with Crippen LogP contribution in [0.1, 0.15) is 53.8 Å². The van der Waals surface area contributed by atoms with Crippen LogP contribution in [0.2, 0.25) is 0 Å². The summed E-state index contributed by atoms with van der Waals surface area (Å²) in [6.45, 7) is 13.0. The van der Waals surface area contributed by atoms with E-state index in [1.807, 2.05) is 25.1 Å². The Kier molecular flexibility index (Phi) is 6.02. The van der Waals surface area contributed by atoms with E-state index in [4.69, 9.17) is 9.15 Å². The molecule has 1 saturated heterocycles. The summed E-state index contributed by atoms with van der Waals surface area (Å²) in [7, 11) is 0. The van der Waals surface area contributed by atoms with Gasteiger partial charge in [0.25, 0.3) is 5.91 Å². The van der Waals surface area contributed by atoms with Crippen molar-refractivity contribution in [2.45, 2.75) is 46.2 Å². The van der Waals surface area contributed by atoms with E-state index in [2.05, 4.69) is 43.1 Å². The van der Waals surface area contributed by atoms with Crippen LogP contribution in [0.15, 0.2) is 34.7 Å². The summed E-state index contributed by atoms with van der Waals surface area (Å²) in [5.41, 5.74) is 3.14. The molecule has 1 aromatic carbocycles. The number of nitrogens with zero attached hydrogens (tertiary/aromatic N) is 1. The van der Waals surface area contributed by atoms with Crippen LogP contribution in [0.25, 0.3) is 0 Å². The largest absolute Gasteiger partial charge is 0.455 e. The summed E-state index contributed by atoms with van der Waals surface area (Å²) < 4.78 is 11.3. The van der Waals surface area contributed by atoms with Gasteiger partial charge in [-0.1, -0.05) is 45.0 Å². The number of rotatable bonds is 5. The Morgan fingerprint density at radius 1 is 1.15 bits per heavy atom. The van der Waals surface area contributed by atoms with Gasteiger partial charge in [-0.3, -0.25) is 9.69 Å². The van der Waals surface area contributed by atoms with Crippen molar-refractivity contribution in [3.05, 3.63) is 58.5 Å². The molecule has 0 unspecified atom stereocenters. The Balaban J connectivity index is 1.66. The van der Waals surface area contributed by atoms with Gasteiger partial charge in [0.2, 0.25) is 0 Å². The van der Waals surface area contributed by atoms with Gasteiger partial charge < -0.3 is 14.5 Å². The number of ether oxygens (including phenoxy) is 1. The molecule has 0 bridgehead atoms. The molecule has 1 fully saturated rings. The number of hydrogen-bond donors (Lipinski definition) is 1. The molecule has 1 aliphatic rings. The van der Waals surface area contributed by atoms with Crippen LogP contribution in [0.5, 0.6) is 0 Å². The number of carbonyl (C=O) groups excluding carboxylic acids is 1. The lowest BCUT2D eigenvalue weighted by atomic mass is 9.93. The van der Waals surface area contributed by atoms with Gasteiger partial charge in [0.05, 0.1) is 13.2 Å². The molecule has 27 heavy (non-hydrogen) atoms. The topological polar surface area (TPSA) is 54.7 Å². The minimum Gasteiger partial charge on any atom is -0.455 e. The third-order valence-electron chi connectivity index (χ3n) is 4.92. The molecule has 3 rings (SSSR count). The van der Waals surface area contributed by atoms with Crippen molar-refractivity contribution in [3.8, 4) is 0 Å². The lowest BCUT2D eigenvalue weighted by Crippen LogP contribution is -2.36. The highest BCUT2D eigenvalue weighted by Crippen LogP contribution is 2.27. The molecule has 2 heterocycles. The zero-order valence-electron chi connectivity index (χ0n) is 16.8. The normalized spacial score (nSPS) is 15.7. The Morgan fingerprint density at radius 2 is 1.81 bits per heavy atom. The highest BCUT2D eigenvalue weighted by Gasteiger charge is 2.23. The van der Waals surface area contributed by atoms with Crippen LogP contribution in [-0.4, -0.2) is 37.1 Å². The van der Waals surface area contributed by atoms with Crippen molar-refractivity contribution >= 4 is 5.91 Å². The molecular weight excluding hydrogens is 340 g/mol. The highest BCUT2D eigenvalue weighted by molar-refractivity contribution is 5.92. The molecule has 1 N–H and O–H groups in total. The number of furan rings is 1. The molecule has 2 aromatic rings. The van der Waals surface area contributed by atoms with Crippen LogP contribution in [0.4, 0.5) is 0 Å². The third kappa shape index (κ3) is 4.99. The van der Waals surface area contributed by atoms with E-state index in [1.165, 1.54) is 5.56 Å².